The Hall–Kier alpha value is -1.18. The molecule has 2 N–H and O–H groups in total. The molecule has 2 fully saturated rings. The number of rotatable bonds is 3. The van der Waals surface area contributed by atoms with Gasteiger partial charge in [0, 0.05) is 26.2 Å². The van der Waals surface area contributed by atoms with Crippen molar-refractivity contribution in [2.75, 3.05) is 33.2 Å². The highest BCUT2D eigenvalue weighted by Crippen LogP contribution is 2.20. The SMILES string of the molecule is CN1CCN(NC(=O)C2CCC(C(=O)O)O2)CC1. The summed E-state index contributed by atoms with van der Waals surface area (Å²) in [6.45, 7) is 3.36. The lowest BCUT2D eigenvalue weighted by molar-refractivity contribution is -0.153. The Morgan fingerprint density at radius 3 is 2.33 bits per heavy atom. The number of hydrazine groups is 1. The highest BCUT2D eigenvalue weighted by Gasteiger charge is 2.35. The molecule has 2 atom stereocenters. The molecule has 2 rings (SSSR count). The summed E-state index contributed by atoms with van der Waals surface area (Å²) >= 11 is 0. The molecule has 0 aliphatic carbocycles. The zero-order valence-corrected chi connectivity index (χ0v) is 10.5. The summed E-state index contributed by atoms with van der Waals surface area (Å²) in [6.07, 6.45) is -0.605. The molecule has 0 bridgehead atoms. The number of carbonyl (C=O) groups excluding carboxylic acids is 1. The van der Waals surface area contributed by atoms with Gasteiger partial charge in [0.05, 0.1) is 0 Å². The second-order valence-corrected chi connectivity index (χ2v) is 4.80. The van der Waals surface area contributed by atoms with Crippen LogP contribution in [0.1, 0.15) is 12.8 Å². The summed E-state index contributed by atoms with van der Waals surface area (Å²) in [7, 11) is 2.04. The van der Waals surface area contributed by atoms with Crippen LogP contribution in [0.3, 0.4) is 0 Å². The van der Waals surface area contributed by atoms with Crippen LogP contribution in [0.15, 0.2) is 0 Å². The van der Waals surface area contributed by atoms with Crippen LogP contribution in [0.25, 0.3) is 0 Å². The maximum atomic E-state index is 11.9. The van der Waals surface area contributed by atoms with Crippen molar-refractivity contribution in [1.82, 2.24) is 15.3 Å². The molecular formula is C11H19N3O4. The number of nitrogens with one attached hydrogen (secondary N) is 1. The molecule has 0 radical (unpaired) electrons. The van der Waals surface area contributed by atoms with Crippen LogP contribution in [0.2, 0.25) is 0 Å². The summed E-state index contributed by atoms with van der Waals surface area (Å²) in [4.78, 5) is 24.8. The normalized spacial score (nSPS) is 30.3. The molecular weight excluding hydrogens is 238 g/mol. The molecule has 0 aromatic heterocycles. The van der Waals surface area contributed by atoms with Gasteiger partial charge in [-0.25, -0.2) is 9.80 Å². The summed E-state index contributed by atoms with van der Waals surface area (Å²) < 4.78 is 5.20. The van der Waals surface area contributed by atoms with Crippen molar-refractivity contribution in [2.24, 2.45) is 0 Å². The Labute approximate surface area is 106 Å². The largest absolute Gasteiger partial charge is 0.479 e. The van der Waals surface area contributed by atoms with E-state index in [0.717, 1.165) is 26.2 Å². The maximum absolute atomic E-state index is 11.9. The number of carbonyl (C=O) groups is 2. The minimum atomic E-state index is -0.995. The third-order valence-corrected chi connectivity index (χ3v) is 3.36. The van der Waals surface area contributed by atoms with Crippen LogP contribution in [-0.4, -0.2) is 72.3 Å². The van der Waals surface area contributed by atoms with Crippen LogP contribution < -0.4 is 5.43 Å². The van der Waals surface area contributed by atoms with E-state index in [9.17, 15) is 9.59 Å². The monoisotopic (exact) mass is 257 g/mol. The van der Waals surface area contributed by atoms with E-state index in [4.69, 9.17) is 9.84 Å². The van der Waals surface area contributed by atoms with Gasteiger partial charge < -0.3 is 14.7 Å². The zero-order valence-electron chi connectivity index (χ0n) is 10.5. The standard InChI is InChI=1S/C11H19N3O4/c1-13-4-6-14(7-5-13)12-10(15)8-2-3-9(18-8)11(16)17/h8-9H,2-7H2,1H3,(H,12,15)(H,16,17). The van der Waals surface area contributed by atoms with Gasteiger partial charge >= 0.3 is 5.97 Å². The van der Waals surface area contributed by atoms with Gasteiger partial charge in [-0.2, -0.15) is 0 Å². The fourth-order valence-corrected chi connectivity index (χ4v) is 2.16. The van der Waals surface area contributed by atoms with E-state index in [0.29, 0.717) is 12.8 Å². The van der Waals surface area contributed by atoms with Gasteiger partial charge in [-0.15, -0.1) is 0 Å². The fraction of sp³-hybridized carbons (Fsp3) is 0.818. The van der Waals surface area contributed by atoms with Crippen molar-refractivity contribution in [3.8, 4) is 0 Å². The molecule has 2 aliphatic rings. The van der Waals surface area contributed by atoms with Crippen molar-refractivity contribution in [3.05, 3.63) is 0 Å². The number of amides is 1. The first kappa shape index (κ1) is 13.3. The third-order valence-electron chi connectivity index (χ3n) is 3.36. The van der Waals surface area contributed by atoms with E-state index in [1.54, 1.807) is 0 Å². The molecule has 7 nitrogen and oxygen atoms in total. The second kappa shape index (κ2) is 5.64. The van der Waals surface area contributed by atoms with Crippen molar-refractivity contribution < 1.29 is 19.4 Å². The highest BCUT2D eigenvalue weighted by molar-refractivity contribution is 5.82. The average Bonchev–Trinajstić information content (AvgIpc) is 2.81. The average molecular weight is 257 g/mol. The number of aliphatic carboxylic acids is 1. The second-order valence-electron chi connectivity index (χ2n) is 4.80. The van der Waals surface area contributed by atoms with Crippen LogP contribution in [-0.2, 0) is 14.3 Å². The summed E-state index contributed by atoms with van der Waals surface area (Å²) in [6, 6.07) is 0. The molecule has 7 heteroatoms. The van der Waals surface area contributed by atoms with Crippen LogP contribution in [0, 0.1) is 0 Å². The maximum Gasteiger partial charge on any atom is 0.332 e. The molecule has 2 saturated heterocycles. The molecule has 0 saturated carbocycles. The number of ether oxygens (including phenoxy) is 1. The molecule has 1 amide bonds. The number of carboxylic acids is 1. The number of hydrogen-bond acceptors (Lipinski definition) is 5. The quantitative estimate of drug-likeness (QED) is 0.667. The Balaban J connectivity index is 1.77. The predicted octanol–water partition coefficient (Wildman–Crippen LogP) is -1.10. The number of piperazine rings is 1. The number of carboxylic acid groups (broad SMARTS) is 1. The van der Waals surface area contributed by atoms with E-state index in [-0.39, 0.29) is 5.91 Å². The van der Waals surface area contributed by atoms with Crippen molar-refractivity contribution in [3.63, 3.8) is 0 Å². The summed E-state index contributed by atoms with van der Waals surface area (Å²) in [5.74, 6) is -1.23. The first-order chi connectivity index (χ1) is 8.56. The summed E-state index contributed by atoms with van der Waals surface area (Å²) in [5, 5.41) is 10.7. The molecule has 0 aromatic rings. The Bertz CT molecular complexity index is 328. The van der Waals surface area contributed by atoms with Gasteiger partial charge in [0.2, 0.25) is 0 Å². The number of nitrogens with zero attached hydrogens (tertiary/aromatic N) is 2. The number of likely N-dealkylation sites (N-methyl/N-ethyl adjacent to an activating group) is 1. The van der Waals surface area contributed by atoms with E-state index in [2.05, 4.69) is 10.3 Å². The van der Waals surface area contributed by atoms with E-state index < -0.39 is 18.2 Å². The van der Waals surface area contributed by atoms with Crippen molar-refractivity contribution in [2.45, 2.75) is 25.0 Å². The lowest BCUT2D eigenvalue weighted by atomic mass is 10.2. The summed E-state index contributed by atoms with van der Waals surface area (Å²) in [5.41, 5.74) is 2.79. The van der Waals surface area contributed by atoms with E-state index >= 15 is 0 Å². The molecule has 0 aromatic carbocycles. The number of hydrogen-bond donors (Lipinski definition) is 2. The van der Waals surface area contributed by atoms with Gasteiger partial charge in [0.15, 0.2) is 6.10 Å². The molecule has 2 heterocycles. The van der Waals surface area contributed by atoms with Gasteiger partial charge in [0.1, 0.15) is 6.10 Å². The zero-order chi connectivity index (χ0) is 13.1. The van der Waals surface area contributed by atoms with E-state index in [1.165, 1.54) is 0 Å². The first-order valence-corrected chi connectivity index (χ1v) is 6.18. The molecule has 102 valence electrons. The third kappa shape index (κ3) is 3.18. The lowest BCUT2D eigenvalue weighted by Gasteiger charge is -2.32. The fourth-order valence-electron chi connectivity index (χ4n) is 2.16. The van der Waals surface area contributed by atoms with Gasteiger partial charge in [-0.05, 0) is 19.9 Å². The Morgan fingerprint density at radius 2 is 1.78 bits per heavy atom. The van der Waals surface area contributed by atoms with Crippen molar-refractivity contribution in [1.29, 1.82) is 0 Å². The van der Waals surface area contributed by atoms with Gasteiger partial charge in [0.25, 0.3) is 5.91 Å². The first-order valence-electron chi connectivity index (χ1n) is 6.18. The van der Waals surface area contributed by atoms with E-state index in [1.807, 2.05) is 12.1 Å². The molecule has 2 unspecified atom stereocenters. The minimum absolute atomic E-state index is 0.233. The van der Waals surface area contributed by atoms with Crippen LogP contribution in [0.5, 0.6) is 0 Å². The molecule has 2 aliphatic heterocycles. The van der Waals surface area contributed by atoms with Crippen LogP contribution >= 0.6 is 0 Å². The smallest absolute Gasteiger partial charge is 0.332 e. The van der Waals surface area contributed by atoms with Gasteiger partial charge in [-0.3, -0.25) is 10.2 Å². The molecule has 18 heavy (non-hydrogen) atoms. The molecule has 0 spiro atoms. The van der Waals surface area contributed by atoms with Gasteiger partial charge in [-0.1, -0.05) is 0 Å². The lowest BCUT2D eigenvalue weighted by Crippen LogP contribution is -2.54. The minimum Gasteiger partial charge on any atom is -0.479 e. The predicted molar refractivity (Wildman–Crippen MR) is 62.7 cm³/mol. The van der Waals surface area contributed by atoms with Crippen molar-refractivity contribution >= 4 is 11.9 Å². The highest BCUT2D eigenvalue weighted by atomic mass is 16.5. The topological polar surface area (TPSA) is 82.1 Å². The Morgan fingerprint density at radius 1 is 1.17 bits per heavy atom. The van der Waals surface area contributed by atoms with Crippen LogP contribution in [0.4, 0.5) is 0 Å². The Kier molecular flexibility index (Phi) is 4.15.